The summed E-state index contributed by atoms with van der Waals surface area (Å²) >= 11 is 0. The fourth-order valence-electron chi connectivity index (χ4n) is 5.36. The van der Waals surface area contributed by atoms with Crippen molar-refractivity contribution in [2.75, 3.05) is 13.2 Å². The van der Waals surface area contributed by atoms with E-state index in [1.807, 2.05) is 4.28 Å². The Hall–Kier alpha value is -3.16. The molecule has 0 bridgehead atoms. The Bertz CT molecular complexity index is 1410. The summed E-state index contributed by atoms with van der Waals surface area (Å²) in [5, 5.41) is 0. The summed E-state index contributed by atoms with van der Waals surface area (Å²) in [6, 6.07) is -0.388. The molecule has 14 heteroatoms. The second kappa shape index (κ2) is 9.79. The first-order valence-electron chi connectivity index (χ1n) is 11.4. The Morgan fingerprint density at radius 3 is 1.31 bits per heavy atom. The van der Waals surface area contributed by atoms with E-state index in [-0.39, 0.29) is 25.0 Å². The maximum absolute atomic E-state index is 15.8. The summed E-state index contributed by atoms with van der Waals surface area (Å²) in [5.41, 5.74) is -9.89. The molecule has 210 valence electrons. The van der Waals surface area contributed by atoms with Gasteiger partial charge in [0, 0.05) is 42.2 Å². The van der Waals surface area contributed by atoms with Crippen LogP contribution in [0.3, 0.4) is 0 Å². The molecule has 0 aromatic heterocycles. The lowest BCUT2D eigenvalue weighted by Crippen LogP contribution is -2.78. The van der Waals surface area contributed by atoms with Gasteiger partial charge in [0.15, 0.2) is 0 Å². The molecule has 1 saturated heterocycles. The van der Waals surface area contributed by atoms with E-state index in [1.165, 1.54) is 0 Å². The molecule has 1 nitrogen and oxygen atoms in total. The standard InChI is InChI=1S/C25H17BF12O/c1-10-12(27)7-15(30)19(22(10)33)26(39-5-3-4-6-39,20-16(31)8-13(28)11(2)23(20)34)21-17(32)9-14(29)18(24(21)35)25(36,37)38/h7-9H,3-6H2,1-2H3. The van der Waals surface area contributed by atoms with Crippen LogP contribution >= 0.6 is 0 Å². The molecule has 0 saturated carbocycles. The highest BCUT2D eigenvalue weighted by atomic mass is 19.4. The molecule has 0 aliphatic carbocycles. The van der Waals surface area contributed by atoms with Gasteiger partial charge in [0.2, 0.25) is 0 Å². The van der Waals surface area contributed by atoms with E-state index in [1.54, 1.807) is 0 Å². The molecule has 0 radical (unpaired) electrons. The fourth-order valence-corrected chi connectivity index (χ4v) is 5.36. The largest absolute Gasteiger partial charge is 0.660 e. The molecule has 39 heavy (non-hydrogen) atoms. The Balaban J connectivity index is 2.40. The van der Waals surface area contributed by atoms with Gasteiger partial charge in [-0.15, -0.1) is 0 Å². The van der Waals surface area contributed by atoms with Crippen molar-refractivity contribution in [3.05, 3.63) is 87.2 Å². The number of alkyl halides is 3. The second-order valence-electron chi connectivity index (χ2n) is 9.27. The van der Waals surface area contributed by atoms with E-state index in [0.29, 0.717) is 0 Å². The second-order valence-corrected chi connectivity index (χ2v) is 9.27. The van der Waals surface area contributed by atoms with Gasteiger partial charge in [0.1, 0.15) is 57.9 Å². The monoisotopic (exact) mass is 572 g/mol. The fraction of sp³-hybridized carbons (Fsp3) is 0.280. The van der Waals surface area contributed by atoms with E-state index in [4.69, 9.17) is 0 Å². The van der Waals surface area contributed by atoms with Crippen molar-refractivity contribution in [3.8, 4) is 0 Å². The van der Waals surface area contributed by atoms with E-state index in [9.17, 15) is 26.3 Å². The first-order valence-corrected chi connectivity index (χ1v) is 11.4. The van der Waals surface area contributed by atoms with Crippen molar-refractivity contribution in [2.24, 2.45) is 0 Å². The van der Waals surface area contributed by atoms with Crippen LogP contribution in [-0.2, 0) is 10.5 Å². The molecule has 0 spiro atoms. The van der Waals surface area contributed by atoms with Gasteiger partial charge in [0.05, 0.1) is 13.2 Å². The first kappa shape index (κ1) is 28.8. The zero-order valence-electron chi connectivity index (χ0n) is 20.1. The zero-order chi connectivity index (χ0) is 29.2. The smallest absolute Gasteiger partial charge is 0.421 e. The van der Waals surface area contributed by atoms with Gasteiger partial charge in [-0.2, -0.15) is 13.2 Å². The van der Waals surface area contributed by atoms with E-state index < -0.39 is 117 Å². The normalized spacial score (nSPS) is 14.9. The quantitative estimate of drug-likeness (QED) is 0.209. The highest BCUT2D eigenvalue weighted by molar-refractivity contribution is 7.08. The van der Waals surface area contributed by atoms with Gasteiger partial charge >= 0.3 is 12.5 Å². The van der Waals surface area contributed by atoms with Gasteiger partial charge < -0.3 is 4.28 Å². The molecule has 0 amide bonds. The average molecular weight is 572 g/mol. The maximum Gasteiger partial charge on any atom is 0.421 e. The van der Waals surface area contributed by atoms with Crippen LogP contribution in [0.25, 0.3) is 0 Å². The van der Waals surface area contributed by atoms with Gasteiger partial charge in [-0.05, 0) is 30.2 Å². The van der Waals surface area contributed by atoms with Crippen molar-refractivity contribution >= 4 is 22.7 Å². The molecular weight excluding hydrogens is 555 g/mol. The molecular formula is C25H17BF12O. The summed E-state index contributed by atoms with van der Waals surface area (Å²) in [6.45, 7) is 0.485. The van der Waals surface area contributed by atoms with Crippen molar-refractivity contribution in [2.45, 2.75) is 32.9 Å². The van der Waals surface area contributed by atoms with Crippen molar-refractivity contribution < 1.29 is 57.0 Å². The van der Waals surface area contributed by atoms with Crippen LogP contribution in [0.5, 0.6) is 0 Å². The van der Waals surface area contributed by atoms with E-state index in [0.717, 1.165) is 13.8 Å². The van der Waals surface area contributed by atoms with Gasteiger partial charge in [-0.1, -0.05) is 0 Å². The number of hydrogen-bond acceptors (Lipinski definition) is 0. The van der Waals surface area contributed by atoms with Crippen LogP contribution in [-0.4, -0.2) is 19.6 Å². The Labute approximate surface area is 213 Å². The summed E-state index contributed by atoms with van der Waals surface area (Å²) in [7, 11) is 0. The van der Waals surface area contributed by atoms with E-state index in [2.05, 4.69) is 0 Å². The zero-order valence-corrected chi connectivity index (χ0v) is 20.1. The third-order valence-corrected chi connectivity index (χ3v) is 7.14. The number of halogens is 12. The van der Waals surface area contributed by atoms with Crippen LogP contribution < -0.4 is 16.4 Å². The van der Waals surface area contributed by atoms with Crippen molar-refractivity contribution in [3.63, 3.8) is 0 Å². The van der Waals surface area contributed by atoms with Gasteiger partial charge in [-0.3, -0.25) is 0 Å². The van der Waals surface area contributed by atoms with Crippen LogP contribution in [0.15, 0.2) is 18.2 Å². The van der Waals surface area contributed by atoms with Gasteiger partial charge in [-0.25, -0.2) is 39.5 Å². The minimum Gasteiger partial charge on any atom is -0.660 e. The van der Waals surface area contributed by atoms with Crippen LogP contribution in [0.4, 0.5) is 52.7 Å². The highest BCUT2D eigenvalue weighted by Gasteiger charge is 2.57. The molecule has 4 rings (SSSR count). The lowest BCUT2D eigenvalue weighted by molar-refractivity contribution is -0.142. The Morgan fingerprint density at radius 2 is 0.923 bits per heavy atom. The first-order chi connectivity index (χ1) is 18.1. The number of benzene rings is 3. The third-order valence-electron chi connectivity index (χ3n) is 7.14. The molecule has 3 aromatic rings. The highest BCUT2D eigenvalue weighted by Crippen LogP contribution is 2.37. The topological polar surface area (TPSA) is 2.70 Å². The minimum atomic E-state index is -5.85. The summed E-state index contributed by atoms with van der Waals surface area (Å²) < 4.78 is 180. The lowest BCUT2D eigenvalue weighted by Gasteiger charge is -2.47. The molecule has 0 N–H and O–H groups in total. The summed E-state index contributed by atoms with van der Waals surface area (Å²) in [5.74, 6) is -18.2. The Kier molecular flexibility index (Phi) is 7.24. The average Bonchev–Trinajstić information content (AvgIpc) is 3.34. The van der Waals surface area contributed by atoms with Gasteiger partial charge in [0.25, 0.3) is 0 Å². The molecule has 0 unspecified atom stereocenters. The third kappa shape index (κ3) is 4.27. The Morgan fingerprint density at radius 1 is 0.564 bits per heavy atom. The van der Waals surface area contributed by atoms with Crippen molar-refractivity contribution in [1.29, 1.82) is 0 Å². The molecule has 1 heterocycles. The molecule has 0 atom stereocenters. The van der Waals surface area contributed by atoms with Crippen LogP contribution in [0.2, 0.25) is 0 Å². The maximum atomic E-state index is 15.8. The minimum absolute atomic E-state index is 0.0249. The van der Waals surface area contributed by atoms with E-state index >= 15 is 26.3 Å². The summed E-state index contributed by atoms with van der Waals surface area (Å²) in [6.07, 6.45) is -10.5. The SMILES string of the molecule is Cc1c(F)cc(F)c([B-](c2c(F)cc(F)c(C)c2F)(c2c(F)cc(F)c(C(F)(F)F)c2F)[O+]2CCCC2)c1F. The molecule has 1 fully saturated rings. The van der Waals surface area contributed by atoms with Crippen molar-refractivity contribution in [1.82, 2.24) is 0 Å². The predicted molar refractivity (Wildman–Crippen MR) is 118 cm³/mol. The predicted octanol–water partition coefficient (Wildman–Crippen LogP) is 5.89. The summed E-state index contributed by atoms with van der Waals surface area (Å²) in [4.78, 5) is 0. The van der Waals surface area contributed by atoms with Crippen LogP contribution in [0.1, 0.15) is 29.5 Å². The number of rotatable bonds is 4. The molecule has 1 aliphatic heterocycles. The molecule has 1 aliphatic rings. The lowest BCUT2D eigenvalue weighted by atomic mass is 9.26. The van der Waals surface area contributed by atoms with Crippen LogP contribution in [0, 0.1) is 66.2 Å². The number of hydrogen-bond donors (Lipinski definition) is 0. The molecule has 3 aromatic carbocycles.